The monoisotopic (exact) mass is 211 g/mol. The van der Waals surface area contributed by atoms with Crippen LogP contribution in [0.4, 0.5) is 0 Å². The van der Waals surface area contributed by atoms with Crippen molar-refractivity contribution in [2.75, 3.05) is 7.11 Å². The lowest BCUT2D eigenvalue weighted by Gasteiger charge is -2.01. The third-order valence-electron chi connectivity index (χ3n) is 1.15. The van der Waals surface area contributed by atoms with Crippen LogP contribution < -0.4 is 0 Å². The topological polar surface area (TPSA) is 21.6 Å². The number of ether oxygens (including phenoxy) is 1. The van der Waals surface area contributed by atoms with Gasteiger partial charge in [-0.1, -0.05) is 40.3 Å². The summed E-state index contributed by atoms with van der Waals surface area (Å²) in [6.45, 7) is 16.9. The second-order valence-corrected chi connectivity index (χ2v) is 1.82. The van der Waals surface area contributed by atoms with E-state index in [2.05, 4.69) is 18.3 Å². The van der Waals surface area contributed by atoms with Crippen LogP contribution >= 0.6 is 0 Å². The minimum atomic E-state index is 0.658. The Bertz CT molecular complexity index is 193. The molecule has 2 nitrogen and oxygen atoms in total. The van der Waals surface area contributed by atoms with Crippen LogP contribution in [-0.2, 0) is 4.74 Å². The lowest BCUT2D eigenvalue weighted by molar-refractivity contribution is 0.303. The fourth-order valence-electron chi connectivity index (χ4n) is 0.652. The molecular formula is C13H25NO. The van der Waals surface area contributed by atoms with Crippen LogP contribution in [0.15, 0.2) is 41.3 Å². The minimum absolute atomic E-state index is 0.658. The van der Waals surface area contributed by atoms with Gasteiger partial charge in [-0.05, 0) is 25.8 Å². The van der Waals surface area contributed by atoms with Gasteiger partial charge in [0.2, 0.25) is 0 Å². The fourth-order valence-corrected chi connectivity index (χ4v) is 0.652. The summed E-state index contributed by atoms with van der Waals surface area (Å²) < 4.78 is 5.02. The zero-order chi connectivity index (χ0) is 12.7. The van der Waals surface area contributed by atoms with Crippen LogP contribution in [0.3, 0.4) is 0 Å². The Kier molecular flexibility index (Phi) is 23.8. The summed E-state index contributed by atoms with van der Waals surface area (Å²) in [4.78, 5) is 3.73. The molecule has 0 fully saturated rings. The molecule has 0 rings (SSSR count). The van der Waals surface area contributed by atoms with Gasteiger partial charge in [-0.3, -0.25) is 4.99 Å². The molecule has 0 aliphatic heterocycles. The van der Waals surface area contributed by atoms with Crippen LogP contribution in [0, 0.1) is 0 Å². The predicted molar refractivity (Wildman–Crippen MR) is 71.3 cm³/mol. The molecule has 0 aliphatic rings. The maximum absolute atomic E-state index is 5.02. The normalized spacial score (nSPS) is 10.0. The lowest BCUT2D eigenvalue weighted by atomic mass is 10.3. The summed E-state index contributed by atoms with van der Waals surface area (Å²) in [5.41, 5.74) is 0.658. The molecule has 0 saturated heterocycles. The van der Waals surface area contributed by atoms with Gasteiger partial charge in [0.05, 0.1) is 7.11 Å². The van der Waals surface area contributed by atoms with Crippen LogP contribution in [0.2, 0.25) is 0 Å². The van der Waals surface area contributed by atoms with Crippen molar-refractivity contribution in [1.29, 1.82) is 0 Å². The summed E-state index contributed by atoms with van der Waals surface area (Å²) in [5, 5.41) is 0. The van der Waals surface area contributed by atoms with Crippen molar-refractivity contribution in [2.24, 2.45) is 4.99 Å². The van der Waals surface area contributed by atoms with Crippen LogP contribution in [0.5, 0.6) is 0 Å². The standard InChI is InChI=1S/C9H13NO.2C2H6/c1-5-7-9(11-4)8(6-2)10-3;2*1-2/h5-7H,2-3H2,1,4H3;2*1-2H3/b7-5-,9-8-;;. The first-order valence-corrected chi connectivity index (χ1v) is 5.30. The average Bonchev–Trinajstić information content (AvgIpc) is 2.34. The smallest absolute Gasteiger partial charge is 0.144 e. The maximum Gasteiger partial charge on any atom is 0.144 e. The minimum Gasteiger partial charge on any atom is -0.495 e. The van der Waals surface area contributed by atoms with Crippen LogP contribution in [0.1, 0.15) is 34.6 Å². The number of hydrogen-bond donors (Lipinski definition) is 0. The second kappa shape index (κ2) is 18.5. The lowest BCUT2D eigenvalue weighted by Crippen LogP contribution is -1.86. The quantitative estimate of drug-likeness (QED) is 0.384. The highest BCUT2D eigenvalue weighted by molar-refractivity contribution is 5.36. The Hall–Kier alpha value is -1.31. The summed E-state index contributed by atoms with van der Waals surface area (Å²) in [5.74, 6) is 0.678. The molecule has 2 heteroatoms. The van der Waals surface area contributed by atoms with E-state index in [-0.39, 0.29) is 0 Å². The predicted octanol–water partition coefficient (Wildman–Crippen LogP) is 4.36. The van der Waals surface area contributed by atoms with E-state index in [1.807, 2.05) is 46.8 Å². The summed E-state index contributed by atoms with van der Waals surface area (Å²) in [6.07, 6.45) is 5.28. The van der Waals surface area contributed by atoms with Crippen molar-refractivity contribution < 1.29 is 4.74 Å². The molecule has 0 bridgehead atoms. The van der Waals surface area contributed by atoms with Crippen molar-refractivity contribution in [1.82, 2.24) is 0 Å². The Morgan fingerprint density at radius 2 is 1.67 bits per heavy atom. The molecule has 0 saturated carbocycles. The number of nitrogens with zero attached hydrogens (tertiary/aromatic N) is 1. The number of allylic oxidation sites excluding steroid dienone is 3. The average molecular weight is 211 g/mol. The Labute approximate surface area is 95.1 Å². The number of aliphatic imine (C=N–C) groups is 1. The van der Waals surface area contributed by atoms with Gasteiger partial charge in [0.1, 0.15) is 11.5 Å². The molecule has 0 heterocycles. The molecule has 0 aromatic heterocycles. The van der Waals surface area contributed by atoms with Gasteiger partial charge in [0, 0.05) is 0 Å². The molecule has 0 N–H and O–H groups in total. The zero-order valence-electron chi connectivity index (χ0n) is 11.0. The summed E-state index contributed by atoms with van der Waals surface area (Å²) in [6, 6.07) is 0. The number of methoxy groups -OCH3 is 1. The van der Waals surface area contributed by atoms with Gasteiger partial charge >= 0.3 is 0 Å². The molecular weight excluding hydrogens is 186 g/mol. The number of rotatable bonds is 4. The van der Waals surface area contributed by atoms with E-state index in [0.29, 0.717) is 11.5 Å². The first-order chi connectivity index (χ1) is 7.29. The molecule has 0 aliphatic carbocycles. The Balaban J connectivity index is -0.000000318. The van der Waals surface area contributed by atoms with E-state index in [9.17, 15) is 0 Å². The third kappa shape index (κ3) is 10.6. The molecule has 0 radical (unpaired) electrons. The molecule has 0 spiro atoms. The first kappa shape index (κ1) is 19.3. The molecule has 0 unspecified atom stereocenters. The Morgan fingerprint density at radius 3 is 1.87 bits per heavy atom. The van der Waals surface area contributed by atoms with Crippen LogP contribution in [-0.4, -0.2) is 13.8 Å². The van der Waals surface area contributed by atoms with Gasteiger partial charge < -0.3 is 4.74 Å². The van der Waals surface area contributed by atoms with Gasteiger partial charge in [0.15, 0.2) is 0 Å². The molecule has 0 amide bonds. The zero-order valence-corrected chi connectivity index (χ0v) is 11.0. The fraction of sp³-hybridized carbons (Fsp3) is 0.462. The molecule has 0 atom stereocenters. The maximum atomic E-state index is 5.02. The van der Waals surface area contributed by atoms with E-state index in [0.717, 1.165) is 0 Å². The molecule has 0 aromatic rings. The van der Waals surface area contributed by atoms with Gasteiger partial charge in [-0.15, -0.1) is 0 Å². The summed E-state index contributed by atoms with van der Waals surface area (Å²) in [7, 11) is 1.59. The second-order valence-electron chi connectivity index (χ2n) is 1.82. The van der Waals surface area contributed by atoms with Gasteiger partial charge in [0.25, 0.3) is 0 Å². The largest absolute Gasteiger partial charge is 0.495 e. The molecule has 88 valence electrons. The Morgan fingerprint density at radius 1 is 1.20 bits per heavy atom. The van der Waals surface area contributed by atoms with Crippen molar-refractivity contribution in [3.05, 3.63) is 36.3 Å². The van der Waals surface area contributed by atoms with Crippen molar-refractivity contribution in [3.8, 4) is 0 Å². The first-order valence-electron chi connectivity index (χ1n) is 5.30. The van der Waals surface area contributed by atoms with E-state index >= 15 is 0 Å². The van der Waals surface area contributed by atoms with Crippen LogP contribution in [0.25, 0.3) is 0 Å². The highest BCUT2D eigenvalue weighted by Crippen LogP contribution is 2.08. The number of hydrogen-bond acceptors (Lipinski definition) is 2. The van der Waals surface area contributed by atoms with Gasteiger partial charge in [-0.2, -0.15) is 0 Å². The summed E-state index contributed by atoms with van der Waals surface area (Å²) >= 11 is 0. The van der Waals surface area contributed by atoms with Crippen molar-refractivity contribution in [2.45, 2.75) is 34.6 Å². The van der Waals surface area contributed by atoms with E-state index in [4.69, 9.17) is 4.74 Å². The molecule has 15 heavy (non-hydrogen) atoms. The van der Waals surface area contributed by atoms with Gasteiger partial charge in [-0.25, -0.2) is 0 Å². The van der Waals surface area contributed by atoms with Crippen molar-refractivity contribution in [3.63, 3.8) is 0 Å². The SMILES string of the molecule is C=C/C(N=C)=C(\C=C/C)OC.CC.CC. The van der Waals surface area contributed by atoms with Crippen molar-refractivity contribution >= 4 is 6.72 Å². The van der Waals surface area contributed by atoms with E-state index < -0.39 is 0 Å². The van der Waals surface area contributed by atoms with E-state index in [1.165, 1.54) is 0 Å². The highest BCUT2D eigenvalue weighted by Gasteiger charge is 1.95. The highest BCUT2D eigenvalue weighted by atomic mass is 16.5. The van der Waals surface area contributed by atoms with E-state index in [1.54, 1.807) is 13.2 Å². The molecule has 0 aromatic carbocycles. The third-order valence-corrected chi connectivity index (χ3v) is 1.15.